The molecule has 0 atom stereocenters. The zero-order valence-electron chi connectivity index (χ0n) is 11.9. The summed E-state index contributed by atoms with van der Waals surface area (Å²) in [5.41, 5.74) is 0. The van der Waals surface area contributed by atoms with Crippen LogP contribution in [0.3, 0.4) is 0 Å². The lowest BCUT2D eigenvalue weighted by Crippen LogP contribution is -2.32. The molecule has 0 saturated carbocycles. The molecule has 0 rings (SSSR count). The number of ether oxygens (including phenoxy) is 3. The van der Waals surface area contributed by atoms with E-state index in [-0.39, 0.29) is 12.5 Å². The van der Waals surface area contributed by atoms with Crippen LogP contribution in [-0.2, 0) is 19.0 Å². The molecule has 0 spiro atoms. The third-order valence-electron chi connectivity index (χ3n) is 2.78. The van der Waals surface area contributed by atoms with E-state index in [9.17, 15) is 4.79 Å². The summed E-state index contributed by atoms with van der Waals surface area (Å²) in [4.78, 5) is 11.4. The standard InChI is InChI=1S/C13H27NO4/c1-4-12(5-2)10-14-13(15)11-18-9-8-17-7-6-16-3/h12H,4-11H2,1-3H3,(H,14,15). The molecule has 0 aliphatic rings. The molecule has 0 heterocycles. The summed E-state index contributed by atoms with van der Waals surface area (Å²) in [6, 6.07) is 0. The van der Waals surface area contributed by atoms with E-state index >= 15 is 0 Å². The molecule has 0 aromatic rings. The lowest BCUT2D eigenvalue weighted by molar-refractivity contribution is -0.126. The molecule has 0 aromatic heterocycles. The minimum Gasteiger partial charge on any atom is -0.382 e. The number of carbonyl (C=O) groups excluding carboxylic acids is 1. The van der Waals surface area contributed by atoms with Gasteiger partial charge in [0.05, 0.1) is 26.4 Å². The Kier molecular flexibility index (Phi) is 12.3. The minimum atomic E-state index is -0.0567. The molecule has 1 amide bonds. The van der Waals surface area contributed by atoms with Crippen LogP contribution >= 0.6 is 0 Å². The second-order valence-electron chi connectivity index (χ2n) is 4.14. The van der Waals surface area contributed by atoms with Crippen molar-refractivity contribution in [1.29, 1.82) is 0 Å². The van der Waals surface area contributed by atoms with Gasteiger partial charge in [-0.05, 0) is 5.92 Å². The van der Waals surface area contributed by atoms with Crippen LogP contribution in [0, 0.1) is 5.92 Å². The third kappa shape index (κ3) is 10.5. The van der Waals surface area contributed by atoms with Gasteiger partial charge in [0, 0.05) is 13.7 Å². The number of rotatable bonds is 12. The summed E-state index contributed by atoms with van der Waals surface area (Å²) in [7, 11) is 1.63. The molecular formula is C13H27NO4. The molecule has 5 heteroatoms. The Balaban J connectivity index is 3.31. The van der Waals surface area contributed by atoms with Crippen molar-refractivity contribution in [3.63, 3.8) is 0 Å². The Hall–Kier alpha value is -0.650. The van der Waals surface area contributed by atoms with Crippen LogP contribution in [0.2, 0.25) is 0 Å². The van der Waals surface area contributed by atoms with E-state index in [2.05, 4.69) is 19.2 Å². The van der Waals surface area contributed by atoms with Crippen LogP contribution in [0.1, 0.15) is 26.7 Å². The first-order chi connectivity index (χ1) is 8.74. The maximum absolute atomic E-state index is 11.4. The number of hydrogen-bond donors (Lipinski definition) is 1. The molecule has 1 N–H and O–H groups in total. The second kappa shape index (κ2) is 12.8. The molecule has 18 heavy (non-hydrogen) atoms. The van der Waals surface area contributed by atoms with Crippen molar-refractivity contribution >= 4 is 5.91 Å². The topological polar surface area (TPSA) is 56.8 Å². The molecule has 0 bridgehead atoms. The van der Waals surface area contributed by atoms with Crippen molar-refractivity contribution in [1.82, 2.24) is 5.32 Å². The van der Waals surface area contributed by atoms with Gasteiger partial charge in [-0.25, -0.2) is 0 Å². The Bertz CT molecular complexity index is 195. The third-order valence-corrected chi connectivity index (χ3v) is 2.78. The van der Waals surface area contributed by atoms with Crippen molar-refractivity contribution in [3.8, 4) is 0 Å². The maximum atomic E-state index is 11.4. The van der Waals surface area contributed by atoms with E-state index in [1.165, 1.54) is 0 Å². The van der Waals surface area contributed by atoms with Crippen LogP contribution in [0.15, 0.2) is 0 Å². The van der Waals surface area contributed by atoms with Gasteiger partial charge in [0.1, 0.15) is 6.61 Å². The second-order valence-corrected chi connectivity index (χ2v) is 4.14. The highest BCUT2D eigenvalue weighted by molar-refractivity contribution is 5.77. The zero-order valence-corrected chi connectivity index (χ0v) is 11.9. The highest BCUT2D eigenvalue weighted by Crippen LogP contribution is 2.04. The van der Waals surface area contributed by atoms with Crippen molar-refractivity contribution in [2.75, 3.05) is 46.7 Å². The summed E-state index contributed by atoms with van der Waals surface area (Å²) in [5.74, 6) is 0.505. The van der Waals surface area contributed by atoms with Gasteiger partial charge in [-0.3, -0.25) is 4.79 Å². The number of methoxy groups -OCH3 is 1. The van der Waals surface area contributed by atoms with E-state index in [1.807, 2.05) is 0 Å². The fourth-order valence-corrected chi connectivity index (χ4v) is 1.41. The monoisotopic (exact) mass is 261 g/mol. The SMILES string of the molecule is CCC(CC)CNC(=O)COCCOCCOC. The molecule has 0 aliphatic carbocycles. The van der Waals surface area contributed by atoms with E-state index < -0.39 is 0 Å². The fraction of sp³-hybridized carbons (Fsp3) is 0.923. The molecule has 108 valence electrons. The summed E-state index contributed by atoms with van der Waals surface area (Å²) < 4.78 is 15.2. The molecule has 0 radical (unpaired) electrons. The van der Waals surface area contributed by atoms with Crippen LogP contribution in [0.4, 0.5) is 0 Å². The molecular weight excluding hydrogens is 234 g/mol. The molecule has 0 fully saturated rings. The van der Waals surface area contributed by atoms with Crippen molar-refractivity contribution in [3.05, 3.63) is 0 Å². The van der Waals surface area contributed by atoms with Gasteiger partial charge in [0.15, 0.2) is 0 Å². The predicted octanol–water partition coefficient (Wildman–Crippen LogP) is 1.22. The van der Waals surface area contributed by atoms with Gasteiger partial charge in [-0.1, -0.05) is 26.7 Å². The van der Waals surface area contributed by atoms with Gasteiger partial charge in [0.2, 0.25) is 5.91 Å². The quantitative estimate of drug-likeness (QED) is 0.537. The van der Waals surface area contributed by atoms with Gasteiger partial charge in [0.25, 0.3) is 0 Å². The Morgan fingerprint density at radius 2 is 1.67 bits per heavy atom. The zero-order chi connectivity index (χ0) is 13.6. The first-order valence-electron chi connectivity index (χ1n) is 6.65. The molecule has 5 nitrogen and oxygen atoms in total. The molecule has 0 aliphatic heterocycles. The molecule has 0 saturated heterocycles. The fourth-order valence-electron chi connectivity index (χ4n) is 1.41. The van der Waals surface area contributed by atoms with Gasteiger partial charge >= 0.3 is 0 Å². The van der Waals surface area contributed by atoms with E-state index in [0.717, 1.165) is 19.4 Å². The highest BCUT2D eigenvalue weighted by atomic mass is 16.5. The Morgan fingerprint density at radius 1 is 1.06 bits per heavy atom. The van der Waals surface area contributed by atoms with Crippen LogP contribution < -0.4 is 5.32 Å². The highest BCUT2D eigenvalue weighted by Gasteiger charge is 2.06. The van der Waals surface area contributed by atoms with E-state index in [4.69, 9.17) is 14.2 Å². The predicted molar refractivity (Wildman–Crippen MR) is 70.6 cm³/mol. The summed E-state index contributed by atoms with van der Waals surface area (Å²) in [5, 5.41) is 2.87. The number of nitrogens with one attached hydrogen (secondary N) is 1. The minimum absolute atomic E-state index is 0.0567. The smallest absolute Gasteiger partial charge is 0.246 e. The first-order valence-corrected chi connectivity index (χ1v) is 6.65. The van der Waals surface area contributed by atoms with E-state index in [1.54, 1.807) is 7.11 Å². The van der Waals surface area contributed by atoms with Crippen molar-refractivity contribution in [2.24, 2.45) is 5.92 Å². The first kappa shape index (κ1) is 17.4. The van der Waals surface area contributed by atoms with Crippen molar-refractivity contribution in [2.45, 2.75) is 26.7 Å². The lowest BCUT2D eigenvalue weighted by atomic mass is 10.0. The molecule has 0 aromatic carbocycles. The van der Waals surface area contributed by atoms with Crippen LogP contribution in [0.25, 0.3) is 0 Å². The largest absolute Gasteiger partial charge is 0.382 e. The average molecular weight is 261 g/mol. The van der Waals surface area contributed by atoms with Gasteiger partial charge in [-0.2, -0.15) is 0 Å². The number of amides is 1. The lowest BCUT2D eigenvalue weighted by Gasteiger charge is -2.13. The average Bonchev–Trinajstić information content (AvgIpc) is 2.39. The Labute approximate surface area is 110 Å². The van der Waals surface area contributed by atoms with Gasteiger partial charge in [-0.15, -0.1) is 0 Å². The van der Waals surface area contributed by atoms with Crippen molar-refractivity contribution < 1.29 is 19.0 Å². The summed E-state index contributed by atoms with van der Waals surface area (Å²) in [6.07, 6.45) is 2.18. The Morgan fingerprint density at radius 3 is 2.28 bits per heavy atom. The molecule has 0 unspecified atom stereocenters. The van der Waals surface area contributed by atoms with Crippen LogP contribution in [0.5, 0.6) is 0 Å². The van der Waals surface area contributed by atoms with Gasteiger partial charge < -0.3 is 19.5 Å². The van der Waals surface area contributed by atoms with E-state index in [0.29, 0.717) is 32.3 Å². The summed E-state index contributed by atoms with van der Waals surface area (Å²) >= 11 is 0. The maximum Gasteiger partial charge on any atom is 0.246 e. The van der Waals surface area contributed by atoms with Crippen LogP contribution in [-0.4, -0.2) is 52.6 Å². The number of hydrogen-bond acceptors (Lipinski definition) is 4. The normalized spacial score (nSPS) is 10.9. The summed E-state index contributed by atoms with van der Waals surface area (Å²) in [6.45, 7) is 7.16. The number of carbonyl (C=O) groups is 1.